The maximum absolute atomic E-state index is 5.20. The van der Waals surface area contributed by atoms with Crippen molar-refractivity contribution in [2.75, 3.05) is 0 Å². The van der Waals surface area contributed by atoms with E-state index in [-0.39, 0.29) is 0 Å². The summed E-state index contributed by atoms with van der Waals surface area (Å²) in [5.74, 6) is 0.708. The van der Waals surface area contributed by atoms with Crippen molar-refractivity contribution in [3.8, 4) is 56.2 Å². The van der Waals surface area contributed by atoms with Gasteiger partial charge in [-0.25, -0.2) is 9.97 Å². The molecule has 0 saturated heterocycles. The van der Waals surface area contributed by atoms with Gasteiger partial charge in [-0.15, -0.1) is 0 Å². The van der Waals surface area contributed by atoms with Crippen LogP contribution in [0.2, 0.25) is 0 Å². The van der Waals surface area contributed by atoms with Gasteiger partial charge in [-0.2, -0.15) is 0 Å². The molecular formula is C46H31N3. The molecule has 0 unspecified atom stereocenters. The number of pyridine rings is 1. The fourth-order valence-corrected chi connectivity index (χ4v) is 7.44. The van der Waals surface area contributed by atoms with Crippen molar-refractivity contribution in [2.24, 2.45) is 0 Å². The first-order valence-corrected chi connectivity index (χ1v) is 16.6. The maximum Gasteiger partial charge on any atom is 0.160 e. The highest BCUT2D eigenvalue weighted by atomic mass is 14.9. The van der Waals surface area contributed by atoms with Crippen molar-refractivity contribution >= 4 is 0 Å². The van der Waals surface area contributed by atoms with Gasteiger partial charge >= 0.3 is 0 Å². The predicted octanol–water partition coefficient (Wildman–Crippen LogP) is 10.9. The first-order chi connectivity index (χ1) is 24.3. The molecule has 2 aromatic heterocycles. The molecular weight excluding hydrogens is 595 g/mol. The number of fused-ring (bicyclic) bond motifs is 3. The van der Waals surface area contributed by atoms with Crippen molar-refractivity contribution in [3.63, 3.8) is 0 Å². The van der Waals surface area contributed by atoms with Gasteiger partial charge in [-0.05, 0) is 74.8 Å². The van der Waals surface area contributed by atoms with Crippen LogP contribution in [0.25, 0.3) is 56.2 Å². The van der Waals surface area contributed by atoms with Gasteiger partial charge in [0.25, 0.3) is 0 Å². The fraction of sp³-hybridized carbons (Fsp3) is 0.0217. The van der Waals surface area contributed by atoms with Crippen LogP contribution < -0.4 is 0 Å². The summed E-state index contributed by atoms with van der Waals surface area (Å²) in [4.78, 5) is 14.5. The Bertz CT molecular complexity index is 2310. The molecule has 1 aliphatic rings. The average molecular weight is 626 g/mol. The summed E-state index contributed by atoms with van der Waals surface area (Å²) in [6.07, 6.45) is 3.72. The van der Waals surface area contributed by atoms with E-state index >= 15 is 0 Å². The molecule has 1 aliphatic carbocycles. The van der Waals surface area contributed by atoms with E-state index in [4.69, 9.17) is 9.97 Å². The van der Waals surface area contributed by atoms with E-state index in [0.29, 0.717) is 5.82 Å². The molecule has 0 atom stereocenters. The molecule has 0 saturated carbocycles. The lowest BCUT2D eigenvalue weighted by Crippen LogP contribution is -2.28. The monoisotopic (exact) mass is 625 g/mol. The van der Waals surface area contributed by atoms with E-state index in [9.17, 15) is 0 Å². The number of nitrogens with zero attached hydrogens (tertiary/aromatic N) is 3. The highest BCUT2D eigenvalue weighted by molar-refractivity contribution is 5.90. The van der Waals surface area contributed by atoms with Gasteiger partial charge in [-0.3, -0.25) is 4.98 Å². The molecule has 0 amide bonds. The summed E-state index contributed by atoms with van der Waals surface area (Å²) in [7, 11) is 0. The van der Waals surface area contributed by atoms with E-state index in [1.165, 1.54) is 38.9 Å². The highest BCUT2D eigenvalue weighted by Crippen LogP contribution is 2.57. The number of hydrogen-bond donors (Lipinski definition) is 0. The third kappa shape index (κ3) is 4.87. The van der Waals surface area contributed by atoms with Crippen molar-refractivity contribution in [2.45, 2.75) is 5.41 Å². The third-order valence-corrected chi connectivity index (χ3v) is 9.69. The minimum atomic E-state index is -0.552. The molecule has 230 valence electrons. The average Bonchev–Trinajstić information content (AvgIpc) is 3.49. The van der Waals surface area contributed by atoms with Crippen LogP contribution >= 0.6 is 0 Å². The number of rotatable bonds is 6. The zero-order valence-electron chi connectivity index (χ0n) is 26.7. The summed E-state index contributed by atoms with van der Waals surface area (Å²) < 4.78 is 0. The zero-order chi connectivity index (χ0) is 32.6. The molecule has 0 radical (unpaired) electrons. The van der Waals surface area contributed by atoms with Crippen LogP contribution in [0.3, 0.4) is 0 Å². The largest absolute Gasteiger partial charge is 0.265 e. The molecule has 3 nitrogen and oxygen atoms in total. The van der Waals surface area contributed by atoms with Crippen LogP contribution in [-0.2, 0) is 5.41 Å². The molecule has 6 aromatic carbocycles. The van der Waals surface area contributed by atoms with E-state index < -0.39 is 5.41 Å². The van der Waals surface area contributed by atoms with Gasteiger partial charge in [0, 0.05) is 29.1 Å². The third-order valence-electron chi connectivity index (χ3n) is 9.69. The molecule has 49 heavy (non-hydrogen) atoms. The van der Waals surface area contributed by atoms with Crippen molar-refractivity contribution in [1.82, 2.24) is 15.0 Å². The Labute approximate surface area is 286 Å². The molecule has 9 rings (SSSR count). The number of hydrogen-bond acceptors (Lipinski definition) is 3. The van der Waals surface area contributed by atoms with Crippen molar-refractivity contribution in [1.29, 1.82) is 0 Å². The van der Waals surface area contributed by atoms with Crippen molar-refractivity contribution in [3.05, 3.63) is 211 Å². The second kappa shape index (κ2) is 12.0. The second-order valence-corrected chi connectivity index (χ2v) is 12.4. The Hall–Kier alpha value is -6.45. The molecule has 8 aromatic rings. The lowest BCUT2D eigenvalue weighted by atomic mass is 9.67. The summed E-state index contributed by atoms with van der Waals surface area (Å²) in [5, 5.41) is 0. The summed E-state index contributed by atoms with van der Waals surface area (Å²) in [6.45, 7) is 0. The van der Waals surface area contributed by atoms with E-state index in [1.807, 2.05) is 36.7 Å². The molecule has 0 fully saturated rings. The highest BCUT2D eigenvalue weighted by Gasteiger charge is 2.46. The van der Waals surface area contributed by atoms with E-state index in [2.05, 4.69) is 157 Å². The minimum Gasteiger partial charge on any atom is -0.265 e. The van der Waals surface area contributed by atoms with Gasteiger partial charge in [0.05, 0.1) is 16.8 Å². The van der Waals surface area contributed by atoms with Crippen LogP contribution in [0.1, 0.15) is 22.3 Å². The second-order valence-electron chi connectivity index (χ2n) is 12.4. The van der Waals surface area contributed by atoms with Crippen LogP contribution in [0.4, 0.5) is 0 Å². The molecule has 0 N–H and O–H groups in total. The molecule has 0 spiro atoms. The maximum atomic E-state index is 5.20. The number of benzene rings is 6. The first kappa shape index (κ1) is 28.7. The topological polar surface area (TPSA) is 38.7 Å². The lowest BCUT2D eigenvalue weighted by molar-refractivity contribution is 0.769. The van der Waals surface area contributed by atoms with Crippen LogP contribution in [0.5, 0.6) is 0 Å². The Morgan fingerprint density at radius 2 is 0.816 bits per heavy atom. The first-order valence-electron chi connectivity index (χ1n) is 16.6. The van der Waals surface area contributed by atoms with Gasteiger partial charge < -0.3 is 0 Å². The van der Waals surface area contributed by atoms with Gasteiger partial charge in [-0.1, -0.05) is 146 Å². The molecule has 3 heteroatoms. The Kier molecular flexibility index (Phi) is 7.02. The fourth-order valence-electron chi connectivity index (χ4n) is 7.44. The number of aromatic nitrogens is 3. The Morgan fingerprint density at radius 3 is 1.39 bits per heavy atom. The van der Waals surface area contributed by atoms with Gasteiger partial charge in [0.15, 0.2) is 5.82 Å². The van der Waals surface area contributed by atoms with Crippen LogP contribution in [0, 0.1) is 0 Å². The molecule has 0 aliphatic heterocycles. The molecule has 2 heterocycles. The van der Waals surface area contributed by atoms with Gasteiger partial charge in [0.1, 0.15) is 0 Å². The van der Waals surface area contributed by atoms with Crippen LogP contribution in [-0.4, -0.2) is 15.0 Å². The lowest BCUT2D eigenvalue weighted by Gasteiger charge is -2.34. The molecule has 0 bridgehead atoms. The summed E-state index contributed by atoms with van der Waals surface area (Å²) >= 11 is 0. The zero-order valence-corrected chi connectivity index (χ0v) is 26.7. The smallest absolute Gasteiger partial charge is 0.160 e. The summed E-state index contributed by atoms with van der Waals surface area (Å²) in [5.41, 5.74) is 14.1. The predicted molar refractivity (Wildman–Crippen MR) is 199 cm³/mol. The normalized spacial score (nSPS) is 12.7. The Balaban J connectivity index is 1.32. The minimum absolute atomic E-state index is 0.552. The van der Waals surface area contributed by atoms with Gasteiger partial charge in [0.2, 0.25) is 0 Å². The van der Waals surface area contributed by atoms with Crippen molar-refractivity contribution < 1.29 is 0 Å². The van der Waals surface area contributed by atoms with Crippen LogP contribution in [0.15, 0.2) is 188 Å². The van der Waals surface area contributed by atoms with E-state index in [0.717, 1.165) is 33.6 Å². The summed E-state index contributed by atoms with van der Waals surface area (Å²) in [6, 6.07) is 62.5. The quantitative estimate of drug-likeness (QED) is 0.185. The standard InChI is InChI=1S/C46H31N3/c1-5-13-33(14-6-1)43-31-44(49-45(48-43)34-15-7-2-8-16-34)36-22-24-40-39-23-21-35(32-25-27-47-28-26-32)29-41(39)46(42(40)30-36,37-17-9-3-10-18-37)38-19-11-4-12-20-38/h1-31H. The van der Waals surface area contributed by atoms with E-state index in [1.54, 1.807) is 0 Å². The Morgan fingerprint density at radius 1 is 0.347 bits per heavy atom. The SMILES string of the molecule is c1ccc(-c2cc(-c3ccc4c(c3)C(c3ccccc3)(c3ccccc3)c3cc(-c5ccncc5)ccc3-4)nc(-c3ccccc3)n2)cc1.